The lowest BCUT2D eigenvalue weighted by Crippen LogP contribution is -2.68. The van der Waals surface area contributed by atoms with Crippen molar-refractivity contribution in [2.24, 2.45) is 5.73 Å². The zero-order valence-electron chi connectivity index (χ0n) is 18.1. The first-order valence-electron chi connectivity index (χ1n) is 10.0. The van der Waals surface area contributed by atoms with E-state index in [4.69, 9.17) is 20.4 Å². The Morgan fingerprint density at radius 1 is 1.23 bits per heavy atom. The topological polar surface area (TPSA) is 150 Å². The number of thioether (sulfide) groups is 1. The number of carboxylic acids is 2. The highest BCUT2D eigenvalue weighted by Crippen LogP contribution is 2.41. The summed E-state index contributed by atoms with van der Waals surface area (Å²) in [5.74, 6) is -3.56. The van der Waals surface area contributed by atoms with Crippen molar-refractivity contribution in [1.29, 1.82) is 0 Å². The summed E-state index contributed by atoms with van der Waals surface area (Å²) in [6.45, 7) is 0.476. The Morgan fingerprint density at radius 3 is 2.43 bits per heavy atom. The van der Waals surface area contributed by atoms with E-state index in [9.17, 15) is 32.7 Å². The predicted octanol–water partition coefficient (Wildman–Crippen LogP) is 1.57. The molecule has 0 bridgehead atoms. The highest BCUT2D eigenvalue weighted by atomic mass is 32.2. The van der Waals surface area contributed by atoms with E-state index < -0.39 is 30.1 Å². The number of carbonyl (C=O) groups excluding carboxylic acids is 2. The first kappa shape index (κ1) is 26.1. The second kappa shape index (κ2) is 10.00. The number of hydrogen-bond donors (Lipinski definition) is 3. The van der Waals surface area contributed by atoms with E-state index in [1.165, 1.54) is 16.7 Å². The molecule has 1 aromatic carbocycles. The molecule has 2 amide bonds. The summed E-state index contributed by atoms with van der Waals surface area (Å²) in [6.07, 6.45) is -2.99. The van der Waals surface area contributed by atoms with Crippen LogP contribution in [0.25, 0.3) is 0 Å². The molecule has 10 nitrogen and oxygen atoms in total. The van der Waals surface area contributed by atoms with Crippen molar-refractivity contribution in [1.82, 2.24) is 4.90 Å². The Labute approximate surface area is 200 Å². The van der Waals surface area contributed by atoms with E-state index >= 15 is 0 Å². The number of alkyl halides is 3. The van der Waals surface area contributed by atoms with E-state index in [2.05, 4.69) is 0 Å². The fourth-order valence-corrected chi connectivity index (χ4v) is 4.94. The van der Waals surface area contributed by atoms with E-state index in [1.807, 2.05) is 18.2 Å². The number of aliphatic carboxylic acids is 2. The molecule has 0 saturated carbocycles. The highest BCUT2D eigenvalue weighted by molar-refractivity contribution is 8.00. The van der Waals surface area contributed by atoms with Crippen LogP contribution >= 0.6 is 11.8 Å². The van der Waals surface area contributed by atoms with Gasteiger partial charge in [-0.15, -0.1) is 11.8 Å². The summed E-state index contributed by atoms with van der Waals surface area (Å²) in [4.78, 5) is 48.5. The number of anilines is 1. The van der Waals surface area contributed by atoms with Gasteiger partial charge in [-0.1, -0.05) is 12.1 Å². The second-order valence-corrected chi connectivity index (χ2v) is 8.57. The number of halogens is 3. The minimum atomic E-state index is -5.08. The molecule has 2 fully saturated rings. The van der Waals surface area contributed by atoms with Crippen LogP contribution < -0.4 is 15.4 Å². The fourth-order valence-electron chi connectivity index (χ4n) is 3.69. The summed E-state index contributed by atoms with van der Waals surface area (Å²) in [5.41, 5.74) is 7.33. The Bertz CT molecular complexity index is 1140. The van der Waals surface area contributed by atoms with Crippen molar-refractivity contribution in [3.05, 3.63) is 47.2 Å². The third-order valence-electron chi connectivity index (χ3n) is 5.33. The Hall–Kier alpha value is -3.52. The maximum Gasteiger partial charge on any atom is 0.490 e. The zero-order chi connectivity index (χ0) is 26.1. The molecular formula is C21H20F3N3O7S. The predicted molar refractivity (Wildman–Crippen MR) is 117 cm³/mol. The number of nitrogens with two attached hydrogens (primary N) is 1. The maximum absolute atomic E-state index is 12.9. The molecule has 14 heteroatoms. The van der Waals surface area contributed by atoms with Crippen LogP contribution in [0.4, 0.5) is 18.9 Å². The molecule has 2 atom stereocenters. The van der Waals surface area contributed by atoms with Crippen LogP contribution in [0.5, 0.6) is 5.75 Å². The normalized spacial score (nSPS) is 22.9. The molecule has 188 valence electrons. The molecule has 1 aromatic rings. The van der Waals surface area contributed by atoms with Crippen molar-refractivity contribution in [2.75, 3.05) is 24.3 Å². The quantitative estimate of drug-likeness (QED) is 0.401. The first-order valence-corrected chi connectivity index (χ1v) is 11.1. The molecule has 3 aliphatic rings. The number of nitrogens with zero attached hydrogens (tertiary/aromatic N) is 2. The molecule has 0 radical (unpaired) electrons. The Kier molecular flexibility index (Phi) is 7.45. The van der Waals surface area contributed by atoms with Gasteiger partial charge in [0.25, 0.3) is 5.91 Å². The van der Waals surface area contributed by atoms with E-state index in [0.29, 0.717) is 41.3 Å². The highest BCUT2D eigenvalue weighted by Gasteiger charge is 2.51. The minimum Gasteiger partial charge on any atom is -0.495 e. The van der Waals surface area contributed by atoms with Gasteiger partial charge in [0.2, 0.25) is 5.91 Å². The molecular weight excluding hydrogens is 495 g/mol. The monoisotopic (exact) mass is 515 g/mol. The van der Waals surface area contributed by atoms with E-state index in [-0.39, 0.29) is 17.0 Å². The summed E-state index contributed by atoms with van der Waals surface area (Å²) < 4.78 is 37.1. The largest absolute Gasteiger partial charge is 0.495 e. The third kappa shape index (κ3) is 5.12. The van der Waals surface area contributed by atoms with Gasteiger partial charge in [-0.25, -0.2) is 9.59 Å². The van der Waals surface area contributed by atoms with Gasteiger partial charge in [0.1, 0.15) is 22.9 Å². The number of carboxylic acid groups (broad SMARTS) is 2. The summed E-state index contributed by atoms with van der Waals surface area (Å²) in [5, 5.41) is 16.4. The van der Waals surface area contributed by atoms with Crippen molar-refractivity contribution in [3.8, 4) is 5.75 Å². The lowest BCUT2D eigenvalue weighted by Gasteiger charge is -2.47. The lowest BCUT2D eigenvalue weighted by atomic mass is 10.0. The number of β-lactam (4-membered cyclic amide) rings is 1. The number of para-hydroxylation sites is 2. The van der Waals surface area contributed by atoms with E-state index in [1.54, 1.807) is 24.2 Å². The number of methoxy groups -OCH3 is 1. The molecule has 3 aliphatic heterocycles. The van der Waals surface area contributed by atoms with Gasteiger partial charge in [0, 0.05) is 17.9 Å². The molecule has 0 spiro atoms. The van der Waals surface area contributed by atoms with Crippen LogP contribution in [0.1, 0.15) is 6.42 Å². The number of amides is 2. The summed E-state index contributed by atoms with van der Waals surface area (Å²) >= 11 is 1.41. The SMILES string of the molecule is COc1ccccc1N1CC/C(=C\C2=C(C(=O)O)N3C(=O)[C@@H](N)[C@H]3SC2)C1=O.O=C(O)C(F)(F)F. The summed E-state index contributed by atoms with van der Waals surface area (Å²) in [7, 11) is 1.55. The van der Waals surface area contributed by atoms with Crippen LogP contribution in [0.3, 0.4) is 0 Å². The average molecular weight is 515 g/mol. The molecule has 35 heavy (non-hydrogen) atoms. The van der Waals surface area contributed by atoms with E-state index in [0.717, 1.165) is 0 Å². The van der Waals surface area contributed by atoms with Gasteiger partial charge in [0.05, 0.1) is 12.8 Å². The molecule has 4 rings (SSSR count). The number of benzene rings is 1. The smallest absolute Gasteiger partial charge is 0.490 e. The molecule has 0 aliphatic carbocycles. The van der Waals surface area contributed by atoms with Crippen LogP contribution in [0.2, 0.25) is 0 Å². The van der Waals surface area contributed by atoms with Crippen molar-refractivity contribution in [3.63, 3.8) is 0 Å². The summed E-state index contributed by atoms with van der Waals surface area (Å²) in [6, 6.07) is 6.57. The van der Waals surface area contributed by atoms with Gasteiger partial charge >= 0.3 is 18.1 Å². The molecule has 3 heterocycles. The van der Waals surface area contributed by atoms with Crippen LogP contribution in [0, 0.1) is 0 Å². The number of rotatable bonds is 4. The maximum atomic E-state index is 12.9. The lowest BCUT2D eigenvalue weighted by molar-refractivity contribution is -0.192. The van der Waals surface area contributed by atoms with Crippen LogP contribution in [-0.4, -0.2) is 75.9 Å². The number of carbonyl (C=O) groups is 4. The van der Waals surface area contributed by atoms with Gasteiger partial charge < -0.3 is 25.6 Å². The Morgan fingerprint density at radius 2 is 1.86 bits per heavy atom. The minimum absolute atomic E-state index is 0.0773. The average Bonchev–Trinajstić information content (AvgIpc) is 3.17. The fraction of sp³-hybridized carbons (Fsp3) is 0.333. The molecule has 2 saturated heterocycles. The third-order valence-corrected chi connectivity index (χ3v) is 6.66. The standard InChI is InChI=1S/C19H19N3O5S.C2HF3O2/c1-27-13-5-3-2-4-12(13)21-7-6-10(16(21)23)8-11-9-28-18-14(20)17(24)22(18)15(11)19(25)26;3-2(4,5)1(6)7/h2-5,8,14,18H,6-7,9,20H2,1H3,(H,25,26);(H,6,7)/b10-8+;/t14-,18-;/m1./s1. The van der Waals surface area contributed by atoms with Gasteiger partial charge in [-0.2, -0.15) is 13.2 Å². The molecule has 0 unspecified atom stereocenters. The zero-order valence-corrected chi connectivity index (χ0v) is 18.9. The van der Waals surface area contributed by atoms with Gasteiger partial charge in [-0.05, 0) is 30.2 Å². The molecule has 0 aromatic heterocycles. The van der Waals surface area contributed by atoms with Crippen LogP contribution in [-0.2, 0) is 19.2 Å². The van der Waals surface area contributed by atoms with Crippen molar-refractivity contribution in [2.45, 2.75) is 24.0 Å². The molecule has 4 N–H and O–H groups in total. The second-order valence-electron chi connectivity index (χ2n) is 7.47. The number of ether oxygens (including phenoxy) is 1. The number of hydrogen-bond acceptors (Lipinski definition) is 7. The van der Waals surface area contributed by atoms with Crippen molar-refractivity contribution < 1.29 is 47.3 Å². The Balaban J connectivity index is 0.000000429. The first-order chi connectivity index (χ1) is 16.4. The van der Waals surface area contributed by atoms with Gasteiger partial charge in [0.15, 0.2) is 0 Å². The van der Waals surface area contributed by atoms with Crippen molar-refractivity contribution >= 4 is 41.2 Å². The number of allylic oxidation sites excluding steroid dienone is 1. The van der Waals surface area contributed by atoms with Gasteiger partial charge in [-0.3, -0.25) is 14.5 Å². The number of fused-ring (bicyclic) bond motifs is 1. The van der Waals surface area contributed by atoms with Crippen LogP contribution in [0.15, 0.2) is 47.2 Å².